The van der Waals surface area contributed by atoms with Crippen molar-refractivity contribution in [1.29, 1.82) is 0 Å². The van der Waals surface area contributed by atoms with E-state index in [1.165, 1.54) is 143 Å². The van der Waals surface area contributed by atoms with E-state index in [1.54, 1.807) is 5.56 Å². The van der Waals surface area contributed by atoms with E-state index in [1.807, 2.05) is 0 Å². The van der Waals surface area contributed by atoms with Crippen LogP contribution in [0.25, 0.3) is 55.6 Å². The number of rotatable bonds is 7. The molecule has 15 rings (SSSR count). The van der Waals surface area contributed by atoms with Crippen LogP contribution in [0.15, 0.2) is 224 Å². The number of hydrogen-bond acceptors (Lipinski definition) is 1. The zero-order valence-corrected chi connectivity index (χ0v) is 47.8. The van der Waals surface area contributed by atoms with Crippen LogP contribution in [0.1, 0.15) is 137 Å². The van der Waals surface area contributed by atoms with Gasteiger partial charge in [-0.3, -0.25) is 0 Å². The average Bonchev–Trinajstić information content (AvgIpc) is 4.46. The quantitative estimate of drug-likeness (QED) is 0.154. The molecule has 1 heteroatoms. The van der Waals surface area contributed by atoms with Crippen molar-refractivity contribution in [2.75, 3.05) is 4.90 Å². The van der Waals surface area contributed by atoms with Crippen molar-refractivity contribution in [3.63, 3.8) is 0 Å². The molecule has 2 bridgehead atoms. The van der Waals surface area contributed by atoms with Crippen LogP contribution in [0.2, 0.25) is 0 Å². The number of fused-ring (bicyclic) bond motifs is 14. The molecule has 5 aliphatic rings. The summed E-state index contributed by atoms with van der Waals surface area (Å²) >= 11 is 0. The zero-order chi connectivity index (χ0) is 54.5. The van der Waals surface area contributed by atoms with Gasteiger partial charge in [-0.1, -0.05) is 256 Å². The Balaban J connectivity index is 0.960. The van der Waals surface area contributed by atoms with E-state index in [2.05, 4.69) is 285 Å². The molecule has 0 saturated heterocycles. The maximum absolute atomic E-state index is 2.64. The lowest BCUT2D eigenvalue weighted by Gasteiger charge is -2.37. The molecule has 0 heterocycles. The van der Waals surface area contributed by atoms with Crippen molar-refractivity contribution in [3.8, 4) is 55.6 Å². The lowest BCUT2D eigenvalue weighted by Crippen LogP contribution is -2.32. The molecule has 80 heavy (non-hydrogen) atoms. The highest BCUT2D eigenvalue weighted by atomic mass is 15.1. The second kappa shape index (κ2) is 17.5. The Labute approximate surface area is 475 Å². The molecule has 0 aromatic heterocycles. The van der Waals surface area contributed by atoms with Crippen LogP contribution in [0.4, 0.5) is 17.1 Å². The minimum absolute atomic E-state index is 0.0359. The van der Waals surface area contributed by atoms with Gasteiger partial charge in [-0.2, -0.15) is 0 Å². The van der Waals surface area contributed by atoms with Gasteiger partial charge in [0.1, 0.15) is 0 Å². The van der Waals surface area contributed by atoms with E-state index in [4.69, 9.17) is 0 Å². The largest absolute Gasteiger partial charge is 0.310 e. The molecular weight excluding hydrogens is 963 g/mol. The third-order valence-electron chi connectivity index (χ3n) is 20.1. The molecule has 2 saturated carbocycles. The summed E-state index contributed by atoms with van der Waals surface area (Å²) in [5.41, 5.74) is 29.8. The van der Waals surface area contributed by atoms with Crippen molar-refractivity contribution in [2.45, 2.75) is 108 Å². The highest BCUT2D eigenvalue weighted by Gasteiger charge is 2.57. The first-order valence-electron chi connectivity index (χ1n) is 29.6. The predicted molar refractivity (Wildman–Crippen MR) is 336 cm³/mol. The first-order chi connectivity index (χ1) is 38.7. The lowest BCUT2D eigenvalue weighted by atomic mass is 9.66. The minimum atomic E-state index is -0.593. The monoisotopic (exact) mass is 1030 g/mol. The van der Waals surface area contributed by atoms with Gasteiger partial charge in [0.2, 0.25) is 0 Å². The molecule has 3 unspecified atom stereocenters. The third-order valence-corrected chi connectivity index (χ3v) is 20.1. The van der Waals surface area contributed by atoms with E-state index < -0.39 is 5.41 Å². The topological polar surface area (TPSA) is 3.24 Å². The Kier molecular flexibility index (Phi) is 10.7. The lowest BCUT2D eigenvalue weighted by molar-refractivity contribution is 0.327. The second-order valence-electron chi connectivity index (χ2n) is 26.8. The molecule has 1 spiro atoms. The first-order valence-corrected chi connectivity index (χ1v) is 29.6. The molecule has 392 valence electrons. The smallest absolute Gasteiger partial charge is 0.0714 e. The van der Waals surface area contributed by atoms with Crippen LogP contribution in [0.3, 0.4) is 0 Å². The van der Waals surface area contributed by atoms with Crippen molar-refractivity contribution in [2.24, 2.45) is 11.8 Å². The van der Waals surface area contributed by atoms with Crippen LogP contribution in [-0.4, -0.2) is 0 Å². The summed E-state index contributed by atoms with van der Waals surface area (Å²) in [5, 5.41) is 0. The van der Waals surface area contributed by atoms with E-state index >= 15 is 0 Å². The summed E-state index contributed by atoms with van der Waals surface area (Å²) in [6.07, 6.45) is 5.24. The molecule has 0 aliphatic heterocycles. The van der Waals surface area contributed by atoms with Crippen LogP contribution >= 0.6 is 0 Å². The van der Waals surface area contributed by atoms with E-state index in [9.17, 15) is 0 Å². The molecule has 1 nitrogen and oxygen atoms in total. The van der Waals surface area contributed by atoms with Gasteiger partial charge < -0.3 is 4.90 Å². The summed E-state index contributed by atoms with van der Waals surface area (Å²) in [6.45, 7) is 18.9. The molecule has 0 radical (unpaired) electrons. The van der Waals surface area contributed by atoms with Gasteiger partial charge in [0.25, 0.3) is 0 Å². The Morgan fingerprint density at radius 2 is 0.912 bits per heavy atom. The zero-order valence-electron chi connectivity index (χ0n) is 47.8. The molecule has 0 N–H and O–H groups in total. The summed E-state index contributed by atoms with van der Waals surface area (Å²) in [7, 11) is 0. The van der Waals surface area contributed by atoms with E-state index in [0.29, 0.717) is 5.92 Å². The molecule has 10 aromatic carbocycles. The molecular formula is C79H71N. The van der Waals surface area contributed by atoms with Crippen LogP contribution in [0.5, 0.6) is 0 Å². The highest BCUT2D eigenvalue weighted by molar-refractivity contribution is 5.99. The molecule has 3 atom stereocenters. The fraction of sp³-hybridized carbons (Fsp3) is 0.241. The molecule has 2 fully saturated rings. The van der Waals surface area contributed by atoms with Gasteiger partial charge in [-0.25, -0.2) is 0 Å². The SMILES string of the molecule is CC(C)(C)c1cccc(C2(c3cccc(C(C)(C)C)c3)c3ccccc3-c3c(N(c4ccc(-c5ccccc5-c5cccc6c5C(C)(C)c5ccccc5-6)cc4)c4ccc5c(c4)C4(CC6CCC4C6)c4ccccc4-5)cccc32)c1. The van der Waals surface area contributed by atoms with Crippen molar-refractivity contribution in [1.82, 2.24) is 0 Å². The van der Waals surface area contributed by atoms with E-state index in [0.717, 1.165) is 11.6 Å². The molecule has 10 aromatic rings. The van der Waals surface area contributed by atoms with Gasteiger partial charge in [-0.15, -0.1) is 0 Å². The van der Waals surface area contributed by atoms with Gasteiger partial charge >= 0.3 is 0 Å². The van der Waals surface area contributed by atoms with Gasteiger partial charge in [0.05, 0.1) is 11.1 Å². The fourth-order valence-electron chi connectivity index (χ4n) is 16.5. The summed E-state index contributed by atoms with van der Waals surface area (Å²) < 4.78 is 0. The third kappa shape index (κ3) is 6.95. The number of hydrogen-bond donors (Lipinski definition) is 0. The van der Waals surface area contributed by atoms with Crippen LogP contribution < -0.4 is 4.90 Å². The summed E-state index contributed by atoms with van der Waals surface area (Å²) in [6, 6.07) is 87.3. The first kappa shape index (κ1) is 49.1. The van der Waals surface area contributed by atoms with E-state index in [-0.39, 0.29) is 21.7 Å². The Hall–Kier alpha value is -8.00. The van der Waals surface area contributed by atoms with Crippen LogP contribution in [-0.2, 0) is 27.1 Å². The highest BCUT2D eigenvalue weighted by Crippen LogP contribution is 2.67. The average molecular weight is 1030 g/mol. The Morgan fingerprint density at radius 3 is 1.55 bits per heavy atom. The molecule has 5 aliphatic carbocycles. The summed E-state index contributed by atoms with van der Waals surface area (Å²) in [4.78, 5) is 2.63. The van der Waals surface area contributed by atoms with Gasteiger partial charge in [0.15, 0.2) is 0 Å². The van der Waals surface area contributed by atoms with Gasteiger partial charge in [-0.05, 0) is 178 Å². The second-order valence-corrected chi connectivity index (χ2v) is 26.8. The Bertz CT molecular complexity index is 4090. The Morgan fingerprint density at radius 1 is 0.400 bits per heavy atom. The maximum atomic E-state index is 2.64. The number of benzene rings is 10. The number of anilines is 3. The maximum Gasteiger partial charge on any atom is 0.0714 e. The number of nitrogens with zero attached hydrogens (tertiary/aromatic N) is 1. The van der Waals surface area contributed by atoms with Crippen molar-refractivity contribution < 1.29 is 0 Å². The minimum Gasteiger partial charge on any atom is -0.310 e. The summed E-state index contributed by atoms with van der Waals surface area (Å²) in [5.74, 6) is 1.44. The van der Waals surface area contributed by atoms with Crippen LogP contribution in [0, 0.1) is 11.8 Å². The predicted octanol–water partition coefficient (Wildman–Crippen LogP) is 20.8. The van der Waals surface area contributed by atoms with Crippen molar-refractivity contribution in [3.05, 3.63) is 280 Å². The standard InChI is InChI=1S/C79H71N/c1-75(2,3)52-21-17-23-55(46-52)79(56-24-18-22-53(47-56)76(4,5)6)69-34-16-13-29-66(69)73-70(79)35-20-36-72(73)80(58-43-44-63-61-27-12-15-33-68(61)78(71(63)48-58)49-50-37-40-54(78)45-50)57-41-38-51(39-42-57)59-25-9-10-26-60(59)64-30-19-31-65-62-28-11-14-32-67(62)77(7,8)74(64)65/h9-36,38-39,41-44,46-48,50,54H,37,40,45,49H2,1-8H3. The molecule has 0 amide bonds. The fourth-order valence-corrected chi connectivity index (χ4v) is 16.5. The normalized spacial score (nSPS) is 19.3. The van der Waals surface area contributed by atoms with Gasteiger partial charge in [0, 0.05) is 27.8 Å². The van der Waals surface area contributed by atoms with Crippen molar-refractivity contribution >= 4 is 17.1 Å².